The molecule has 116 valence electrons. The first-order valence-corrected chi connectivity index (χ1v) is 6.52. The van der Waals surface area contributed by atoms with Crippen molar-refractivity contribution in [3.05, 3.63) is 52.8 Å². The molecule has 4 nitrogen and oxygen atoms in total. The van der Waals surface area contributed by atoms with Crippen molar-refractivity contribution in [3.63, 3.8) is 0 Å². The fourth-order valence-corrected chi connectivity index (χ4v) is 1.87. The van der Waals surface area contributed by atoms with Crippen LogP contribution in [0.2, 0.25) is 5.02 Å². The second-order valence-corrected chi connectivity index (χ2v) is 4.79. The van der Waals surface area contributed by atoms with Crippen molar-refractivity contribution in [2.24, 2.45) is 0 Å². The fraction of sp³-hybridized carbons (Fsp3) is 0.143. The minimum atomic E-state index is -4.52. The number of alkyl halides is 3. The summed E-state index contributed by atoms with van der Waals surface area (Å²) < 4.78 is 37.6. The lowest BCUT2D eigenvalue weighted by molar-refractivity contribution is -0.141. The van der Waals surface area contributed by atoms with E-state index in [0.717, 1.165) is 12.1 Å². The molecule has 22 heavy (non-hydrogen) atoms. The number of hydrogen-bond donors (Lipinski definition) is 2. The van der Waals surface area contributed by atoms with Crippen molar-refractivity contribution in [3.8, 4) is 0 Å². The molecule has 0 aliphatic heterocycles. The van der Waals surface area contributed by atoms with Gasteiger partial charge in [0.2, 0.25) is 0 Å². The Kier molecular flexibility index (Phi) is 4.56. The van der Waals surface area contributed by atoms with Crippen LogP contribution in [0.1, 0.15) is 11.4 Å². The number of aromatic nitrogens is 1. The van der Waals surface area contributed by atoms with Crippen molar-refractivity contribution >= 4 is 29.0 Å². The first-order valence-electron chi connectivity index (χ1n) is 6.15. The number of pyridine rings is 1. The summed E-state index contributed by atoms with van der Waals surface area (Å²) in [5, 5.41) is 5.27. The second kappa shape index (κ2) is 6.23. The van der Waals surface area contributed by atoms with Crippen molar-refractivity contribution < 1.29 is 18.0 Å². The van der Waals surface area contributed by atoms with Gasteiger partial charge in [-0.3, -0.25) is 0 Å². The number of hydrogen-bond acceptors (Lipinski definition) is 2. The van der Waals surface area contributed by atoms with Crippen LogP contribution in [0.5, 0.6) is 0 Å². The minimum Gasteiger partial charge on any atom is -0.306 e. The molecule has 0 aliphatic rings. The van der Waals surface area contributed by atoms with Crippen LogP contribution >= 0.6 is 11.6 Å². The van der Waals surface area contributed by atoms with Gasteiger partial charge in [0.1, 0.15) is 5.69 Å². The van der Waals surface area contributed by atoms with Crippen LogP contribution in [0.3, 0.4) is 0 Å². The van der Waals surface area contributed by atoms with E-state index >= 15 is 0 Å². The fourth-order valence-electron chi connectivity index (χ4n) is 1.69. The summed E-state index contributed by atoms with van der Waals surface area (Å²) in [7, 11) is 0. The van der Waals surface area contributed by atoms with Gasteiger partial charge in [-0.15, -0.1) is 0 Å². The number of para-hydroxylation sites is 1. The Morgan fingerprint density at radius 2 is 1.73 bits per heavy atom. The first-order chi connectivity index (χ1) is 10.3. The summed E-state index contributed by atoms with van der Waals surface area (Å²) >= 11 is 5.89. The number of carbonyl (C=O) groups excluding carboxylic acids is 1. The second-order valence-electron chi connectivity index (χ2n) is 4.39. The Morgan fingerprint density at radius 3 is 2.32 bits per heavy atom. The quantitative estimate of drug-likeness (QED) is 0.838. The molecule has 0 bridgehead atoms. The van der Waals surface area contributed by atoms with Crippen LogP contribution in [0.4, 0.5) is 29.3 Å². The largest absolute Gasteiger partial charge is 0.433 e. The lowest BCUT2D eigenvalue weighted by Crippen LogP contribution is -2.21. The molecule has 0 saturated heterocycles. The Labute approximate surface area is 129 Å². The molecule has 2 aromatic rings. The molecule has 2 N–H and O–H groups in total. The van der Waals surface area contributed by atoms with Crippen LogP contribution in [0.15, 0.2) is 36.4 Å². The Balaban J connectivity index is 2.11. The molecule has 2 amide bonds. The van der Waals surface area contributed by atoms with Gasteiger partial charge in [-0.25, -0.2) is 9.78 Å². The molecule has 0 fully saturated rings. The molecule has 0 unspecified atom stereocenters. The van der Waals surface area contributed by atoms with E-state index < -0.39 is 17.9 Å². The molecule has 1 aromatic heterocycles. The normalized spacial score (nSPS) is 11.1. The van der Waals surface area contributed by atoms with E-state index in [1.807, 2.05) is 0 Å². The molecule has 0 atom stereocenters. The van der Waals surface area contributed by atoms with Gasteiger partial charge in [0, 0.05) is 0 Å². The highest BCUT2D eigenvalue weighted by molar-refractivity contribution is 6.33. The SMILES string of the molecule is Cc1nc(C(F)(F)F)ccc1NC(=O)Nc1ccccc1Cl. The smallest absolute Gasteiger partial charge is 0.306 e. The number of urea groups is 1. The number of nitrogens with zero attached hydrogens (tertiary/aromatic N) is 1. The topological polar surface area (TPSA) is 54.0 Å². The summed E-state index contributed by atoms with van der Waals surface area (Å²) in [6.07, 6.45) is -4.52. The third kappa shape index (κ3) is 3.88. The molecule has 0 saturated carbocycles. The molecule has 2 rings (SSSR count). The Bertz CT molecular complexity index is 704. The number of halogens is 4. The average molecular weight is 330 g/mol. The van der Waals surface area contributed by atoms with E-state index in [9.17, 15) is 18.0 Å². The number of rotatable bonds is 2. The van der Waals surface area contributed by atoms with Gasteiger partial charge in [0.25, 0.3) is 0 Å². The maximum absolute atomic E-state index is 12.5. The average Bonchev–Trinajstić information content (AvgIpc) is 2.42. The van der Waals surface area contributed by atoms with Gasteiger partial charge >= 0.3 is 12.2 Å². The molecular formula is C14H11ClF3N3O. The van der Waals surface area contributed by atoms with Crippen molar-refractivity contribution in [2.75, 3.05) is 10.6 Å². The highest BCUT2D eigenvalue weighted by Crippen LogP contribution is 2.29. The maximum Gasteiger partial charge on any atom is 0.433 e. The predicted molar refractivity (Wildman–Crippen MR) is 78.1 cm³/mol. The summed E-state index contributed by atoms with van der Waals surface area (Å²) in [4.78, 5) is 15.3. The van der Waals surface area contributed by atoms with Gasteiger partial charge in [-0.05, 0) is 31.2 Å². The van der Waals surface area contributed by atoms with Crippen LogP contribution in [0, 0.1) is 6.92 Å². The summed E-state index contributed by atoms with van der Waals surface area (Å²) in [6.45, 7) is 1.38. The Hall–Kier alpha value is -2.28. The van der Waals surface area contributed by atoms with Gasteiger partial charge in [0.15, 0.2) is 0 Å². The minimum absolute atomic E-state index is 0.0594. The van der Waals surface area contributed by atoms with Crippen molar-refractivity contribution in [1.29, 1.82) is 0 Å². The van der Waals surface area contributed by atoms with E-state index in [-0.39, 0.29) is 11.4 Å². The lowest BCUT2D eigenvalue weighted by Gasteiger charge is -2.12. The van der Waals surface area contributed by atoms with Crippen LogP contribution in [-0.4, -0.2) is 11.0 Å². The molecule has 1 heterocycles. The van der Waals surface area contributed by atoms with Gasteiger partial charge < -0.3 is 10.6 Å². The number of carbonyl (C=O) groups is 1. The third-order valence-electron chi connectivity index (χ3n) is 2.75. The van der Waals surface area contributed by atoms with Crippen LogP contribution < -0.4 is 10.6 Å². The predicted octanol–water partition coefficient (Wildman–Crippen LogP) is 4.71. The van der Waals surface area contributed by atoms with E-state index in [4.69, 9.17) is 11.6 Å². The third-order valence-corrected chi connectivity index (χ3v) is 3.08. The van der Waals surface area contributed by atoms with Gasteiger partial charge in [0.05, 0.1) is 22.1 Å². The van der Waals surface area contributed by atoms with Crippen LogP contribution in [-0.2, 0) is 6.18 Å². The maximum atomic E-state index is 12.5. The number of amides is 2. The molecule has 0 aliphatic carbocycles. The number of anilines is 2. The number of nitrogens with one attached hydrogen (secondary N) is 2. The molecule has 1 aromatic carbocycles. The summed E-state index contributed by atoms with van der Waals surface area (Å²) in [5.41, 5.74) is -0.386. The monoisotopic (exact) mass is 329 g/mol. The number of aryl methyl sites for hydroxylation is 1. The van der Waals surface area contributed by atoms with E-state index in [2.05, 4.69) is 15.6 Å². The molecule has 0 radical (unpaired) electrons. The standard InChI is InChI=1S/C14H11ClF3N3O/c1-8-10(6-7-12(19-8)14(16,17)18)20-13(22)21-11-5-3-2-4-9(11)15/h2-7H,1H3,(H2,20,21,22). The van der Waals surface area contributed by atoms with E-state index in [1.165, 1.54) is 6.92 Å². The number of benzene rings is 1. The van der Waals surface area contributed by atoms with Crippen molar-refractivity contribution in [2.45, 2.75) is 13.1 Å². The molecule has 8 heteroatoms. The first kappa shape index (κ1) is 16.1. The summed E-state index contributed by atoms with van der Waals surface area (Å²) in [6, 6.07) is 7.91. The highest BCUT2D eigenvalue weighted by Gasteiger charge is 2.32. The van der Waals surface area contributed by atoms with Crippen LogP contribution in [0.25, 0.3) is 0 Å². The molecular weight excluding hydrogens is 319 g/mol. The highest BCUT2D eigenvalue weighted by atomic mass is 35.5. The zero-order chi connectivity index (χ0) is 16.3. The van der Waals surface area contributed by atoms with E-state index in [1.54, 1.807) is 24.3 Å². The molecule has 0 spiro atoms. The van der Waals surface area contributed by atoms with Crippen molar-refractivity contribution in [1.82, 2.24) is 4.98 Å². The van der Waals surface area contributed by atoms with E-state index in [0.29, 0.717) is 10.7 Å². The Morgan fingerprint density at radius 1 is 1.09 bits per heavy atom. The lowest BCUT2D eigenvalue weighted by atomic mass is 10.2. The summed E-state index contributed by atoms with van der Waals surface area (Å²) in [5.74, 6) is 0. The van der Waals surface area contributed by atoms with Gasteiger partial charge in [-0.1, -0.05) is 23.7 Å². The van der Waals surface area contributed by atoms with Gasteiger partial charge in [-0.2, -0.15) is 13.2 Å². The zero-order valence-electron chi connectivity index (χ0n) is 11.3. The zero-order valence-corrected chi connectivity index (χ0v) is 12.1.